The molecular formula is C14H20Cl2N2O4S. The van der Waals surface area contributed by atoms with E-state index >= 15 is 0 Å². The summed E-state index contributed by atoms with van der Waals surface area (Å²) in [4.78, 5) is 11.6. The van der Waals surface area contributed by atoms with Crippen molar-refractivity contribution in [2.24, 2.45) is 0 Å². The van der Waals surface area contributed by atoms with E-state index in [-0.39, 0.29) is 27.9 Å². The Morgan fingerprint density at radius 2 is 1.91 bits per heavy atom. The molecule has 1 heterocycles. The summed E-state index contributed by atoms with van der Waals surface area (Å²) in [5.41, 5.74) is 0.124. The number of esters is 1. The number of hydrogen-bond acceptors (Lipinski definition) is 5. The lowest BCUT2D eigenvalue weighted by Crippen LogP contribution is -2.43. The van der Waals surface area contributed by atoms with Gasteiger partial charge in [-0.25, -0.2) is 13.2 Å². The fourth-order valence-corrected chi connectivity index (χ4v) is 4.32. The SMILES string of the molecule is CNC1CCN(S(=O)(=O)c2cc(Cl)cc(C(=O)OC)c2)CC1.Cl. The topological polar surface area (TPSA) is 75.7 Å². The number of rotatable bonds is 4. The van der Waals surface area contributed by atoms with Crippen LogP contribution < -0.4 is 5.32 Å². The zero-order valence-electron chi connectivity index (χ0n) is 12.9. The molecule has 1 saturated heterocycles. The summed E-state index contributed by atoms with van der Waals surface area (Å²) in [6.07, 6.45) is 1.50. The van der Waals surface area contributed by atoms with Gasteiger partial charge in [0.2, 0.25) is 10.0 Å². The van der Waals surface area contributed by atoms with Crippen LogP contribution in [0.4, 0.5) is 0 Å². The second kappa shape index (κ2) is 8.30. The lowest BCUT2D eigenvalue weighted by atomic mass is 10.1. The average molecular weight is 383 g/mol. The van der Waals surface area contributed by atoms with Gasteiger partial charge in [-0.05, 0) is 38.1 Å². The molecule has 1 N–H and O–H groups in total. The second-order valence-corrected chi connectivity index (χ2v) is 7.51. The van der Waals surface area contributed by atoms with E-state index in [0.29, 0.717) is 19.1 Å². The van der Waals surface area contributed by atoms with Gasteiger partial charge in [-0.15, -0.1) is 12.4 Å². The highest BCUT2D eigenvalue weighted by Crippen LogP contribution is 2.25. The molecule has 0 amide bonds. The van der Waals surface area contributed by atoms with Gasteiger partial charge in [0.25, 0.3) is 0 Å². The van der Waals surface area contributed by atoms with Crippen molar-refractivity contribution in [3.05, 3.63) is 28.8 Å². The van der Waals surface area contributed by atoms with Crippen molar-refractivity contribution in [1.29, 1.82) is 0 Å². The minimum absolute atomic E-state index is 0. The third kappa shape index (κ3) is 4.58. The van der Waals surface area contributed by atoms with Crippen LogP contribution in [-0.4, -0.2) is 52.0 Å². The summed E-state index contributed by atoms with van der Waals surface area (Å²) >= 11 is 5.94. The molecule has 0 unspecified atom stereocenters. The average Bonchev–Trinajstić information content (AvgIpc) is 2.53. The minimum Gasteiger partial charge on any atom is -0.465 e. The first-order valence-corrected chi connectivity index (χ1v) is 8.76. The van der Waals surface area contributed by atoms with Crippen LogP contribution in [-0.2, 0) is 14.8 Å². The predicted octanol–water partition coefficient (Wildman–Crippen LogP) is 1.92. The molecule has 1 aliphatic heterocycles. The van der Waals surface area contributed by atoms with Crippen molar-refractivity contribution >= 4 is 40.0 Å². The van der Waals surface area contributed by atoms with Gasteiger partial charge >= 0.3 is 5.97 Å². The number of piperidine rings is 1. The van der Waals surface area contributed by atoms with Gasteiger partial charge < -0.3 is 10.1 Å². The van der Waals surface area contributed by atoms with Crippen LogP contribution in [0.15, 0.2) is 23.1 Å². The van der Waals surface area contributed by atoms with Crippen LogP contribution in [0, 0.1) is 0 Å². The Labute approximate surface area is 147 Å². The molecule has 0 atom stereocenters. The number of nitrogens with zero attached hydrogens (tertiary/aromatic N) is 1. The molecule has 2 rings (SSSR count). The van der Waals surface area contributed by atoms with Crippen LogP contribution >= 0.6 is 24.0 Å². The molecule has 0 aromatic heterocycles. The van der Waals surface area contributed by atoms with E-state index in [0.717, 1.165) is 12.8 Å². The fraction of sp³-hybridized carbons (Fsp3) is 0.500. The maximum Gasteiger partial charge on any atom is 0.337 e. The molecule has 1 aromatic rings. The van der Waals surface area contributed by atoms with E-state index in [1.807, 2.05) is 7.05 Å². The maximum atomic E-state index is 12.7. The van der Waals surface area contributed by atoms with Crippen molar-refractivity contribution in [2.75, 3.05) is 27.2 Å². The zero-order chi connectivity index (χ0) is 16.3. The Bertz CT molecular complexity index is 659. The Hall–Kier alpha value is -0.860. The Morgan fingerprint density at radius 1 is 1.30 bits per heavy atom. The summed E-state index contributed by atoms with van der Waals surface area (Å²) in [6.45, 7) is 0.877. The highest BCUT2D eigenvalue weighted by Gasteiger charge is 2.29. The van der Waals surface area contributed by atoms with E-state index in [2.05, 4.69) is 10.1 Å². The molecule has 1 fully saturated rings. The number of hydrogen-bond donors (Lipinski definition) is 1. The van der Waals surface area contributed by atoms with E-state index < -0.39 is 16.0 Å². The highest BCUT2D eigenvalue weighted by atomic mass is 35.5. The third-order valence-corrected chi connectivity index (χ3v) is 5.89. The van der Waals surface area contributed by atoms with Gasteiger partial charge in [0, 0.05) is 24.2 Å². The first kappa shape index (κ1) is 20.2. The number of methoxy groups -OCH3 is 1. The van der Waals surface area contributed by atoms with E-state index in [1.165, 1.54) is 29.6 Å². The minimum atomic E-state index is -3.67. The van der Waals surface area contributed by atoms with Gasteiger partial charge in [-0.1, -0.05) is 11.6 Å². The molecular weight excluding hydrogens is 363 g/mol. The summed E-state index contributed by atoms with van der Waals surface area (Å²) in [5.74, 6) is -0.618. The molecule has 9 heteroatoms. The fourth-order valence-electron chi connectivity index (χ4n) is 2.48. The van der Waals surface area contributed by atoms with Crippen molar-refractivity contribution in [3.63, 3.8) is 0 Å². The van der Waals surface area contributed by atoms with E-state index in [9.17, 15) is 13.2 Å². The molecule has 23 heavy (non-hydrogen) atoms. The van der Waals surface area contributed by atoms with Gasteiger partial charge in [-0.3, -0.25) is 0 Å². The predicted molar refractivity (Wildman–Crippen MR) is 90.9 cm³/mol. The molecule has 130 valence electrons. The Balaban J connectivity index is 0.00000264. The van der Waals surface area contributed by atoms with Crippen molar-refractivity contribution in [2.45, 2.75) is 23.8 Å². The largest absolute Gasteiger partial charge is 0.465 e. The van der Waals surface area contributed by atoms with E-state index in [1.54, 1.807) is 0 Å². The normalized spacial score (nSPS) is 16.7. The Kier molecular flexibility index (Phi) is 7.29. The van der Waals surface area contributed by atoms with Crippen molar-refractivity contribution < 1.29 is 17.9 Å². The number of ether oxygens (including phenoxy) is 1. The summed E-state index contributed by atoms with van der Waals surface area (Å²) in [7, 11) is -0.562. The molecule has 0 aliphatic carbocycles. The summed E-state index contributed by atoms with van der Waals surface area (Å²) in [5, 5.41) is 3.34. The maximum absolute atomic E-state index is 12.7. The summed E-state index contributed by atoms with van der Waals surface area (Å²) in [6, 6.07) is 4.38. The van der Waals surface area contributed by atoms with Gasteiger partial charge in [-0.2, -0.15) is 4.31 Å². The smallest absolute Gasteiger partial charge is 0.337 e. The second-order valence-electron chi connectivity index (χ2n) is 5.13. The van der Waals surface area contributed by atoms with Crippen molar-refractivity contribution in [3.8, 4) is 0 Å². The van der Waals surface area contributed by atoms with Crippen molar-refractivity contribution in [1.82, 2.24) is 9.62 Å². The number of halogens is 2. The van der Waals surface area contributed by atoms with E-state index in [4.69, 9.17) is 11.6 Å². The van der Waals surface area contributed by atoms with Gasteiger partial charge in [0.05, 0.1) is 17.6 Å². The van der Waals surface area contributed by atoms with Crippen LogP contribution in [0.25, 0.3) is 0 Å². The summed E-state index contributed by atoms with van der Waals surface area (Å²) < 4.78 is 31.4. The zero-order valence-corrected chi connectivity index (χ0v) is 15.3. The highest BCUT2D eigenvalue weighted by molar-refractivity contribution is 7.89. The Morgan fingerprint density at radius 3 is 2.43 bits per heavy atom. The molecule has 0 spiro atoms. The molecule has 0 saturated carbocycles. The number of nitrogens with one attached hydrogen (secondary N) is 1. The molecule has 0 bridgehead atoms. The molecule has 0 radical (unpaired) electrons. The molecule has 6 nitrogen and oxygen atoms in total. The number of carbonyl (C=O) groups is 1. The molecule has 1 aromatic carbocycles. The van der Waals surface area contributed by atoms with Crippen LogP contribution in [0.5, 0.6) is 0 Å². The standard InChI is InChI=1S/C14H19ClN2O4S.ClH/c1-16-12-3-5-17(6-4-12)22(19,20)13-8-10(14(18)21-2)7-11(15)9-13;/h7-9,12,16H,3-6H2,1-2H3;1H. The quantitative estimate of drug-likeness (QED) is 0.805. The third-order valence-electron chi connectivity index (χ3n) is 3.79. The number of carbonyl (C=O) groups excluding carboxylic acids is 1. The first-order chi connectivity index (χ1) is 10.4. The van der Waals surface area contributed by atoms with Crippen LogP contribution in [0.2, 0.25) is 5.02 Å². The van der Waals surface area contributed by atoms with Crippen LogP contribution in [0.1, 0.15) is 23.2 Å². The number of sulfonamides is 1. The molecule has 1 aliphatic rings. The van der Waals surface area contributed by atoms with Gasteiger partial charge in [0.15, 0.2) is 0 Å². The number of benzene rings is 1. The van der Waals surface area contributed by atoms with Crippen LogP contribution in [0.3, 0.4) is 0 Å². The lowest BCUT2D eigenvalue weighted by Gasteiger charge is -2.31. The monoisotopic (exact) mass is 382 g/mol. The van der Waals surface area contributed by atoms with Gasteiger partial charge in [0.1, 0.15) is 0 Å². The first-order valence-electron chi connectivity index (χ1n) is 6.95. The lowest BCUT2D eigenvalue weighted by molar-refractivity contribution is 0.0600.